The number of nitrogens with two attached hydrogens (primary N) is 1. The first-order valence-corrected chi connectivity index (χ1v) is 4.00. The molecule has 1 aromatic rings. The van der Waals surface area contributed by atoms with Crippen molar-refractivity contribution < 1.29 is 0 Å². The highest BCUT2D eigenvalue weighted by Gasteiger charge is 2.03. The van der Waals surface area contributed by atoms with Crippen LogP contribution < -0.4 is 5.73 Å². The molecule has 1 aromatic carbocycles. The van der Waals surface area contributed by atoms with Gasteiger partial charge in [-0.1, -0.05) is 23.7 Å². The summed E-state index contributed by atoms with van der Waals surface area (Å²) in [5, 5.41) is 9.08. The van der Waals surface area contributed by atoms with Crippen LogP contribution in [0.3, 0.4) is 0 Å². The van der Waals surface area contributed by atoms with Crippen LogP contribution in [0.5, 0.6) is 0 Å². The molecule has 0 spiro atoms. The van der Waals surface area contributed by atoms with Crippen molar-refractivity contribution in [2.24, 2.45) is 5.73 Å². The van der Waals surface area contributed by atoms with E-state index in [0.717, 1.165) is 5.56 Å². The Balaban J connectivity index is 0.00000144. The Kier molecular flexibility index (Phi) is 5.48. The van der Waals surface area contributed by atoms with Crippen molar-refractivity contribution in [2.75, 3.05) is 0 Å². The molecule has 0 aliphatic heterocycles. The van der Waals surface area contributed by atoms with Gasteiger partial charge >= 0.3 is 0 Å². The third-order valence-corrected chi connectivity index (χ3v) is 1.86. The van der Waals surface area contributed by atoms with Gasteiger partial charge in [-0.3, -0.25) is 0 Å². The molecule has 4 heteroatoms. The van der Waals surface area contributed by atoms with Crippen LogP contribution in [-0.4, -0.2) is 0 Å². The average Bonchev–Trinajstić information content (AvgIpc) is 2.06. The summed E-state index contributed by atoms with van der Waals surface area (Å²) in [7, 11) is 0. The van der Waals surface area contributed by atoms with Gasteiger partial charge in [-0.05, 0) is 17.7 Å². The Hall–Kier alpha value is -0.750. The largest absolute Gasteiger partial charge is 0.323 e. The maximum atomic E-state index is 8.40. The molecule has 0 aliphatic carbocycles. The zero-order chi connectivity index (χ0) is 8.97. The molecule has 0 radical (unpaired) electrons. The van der Waals surface area contributed by atoms with Gasteiger partial charge in [-0.15, -0.1) is 12.4 Å². The number of hydrogen-bond acceptors (Lipinski definition) is 2. The maximum Gasteiger partial charge on any atom is 0.0641 e. The lowest BCUT2D eigenvalue weighted by Gasteiger charge is -2.06. The minimum absolute atomic E-state index is 0. The SMILES string of the molecule is Cl.N#CCC(N)c1ccc(Cl)cc1. The molecule has 2 N–H and O–H groups in total. The van der Waals surface area contributed by atoms with Gasteiger partial charge in [0.25, 0.3) is 0 Å². The van der Waals surface area contributed by atoms with E-state index in [4.69, 9.17) is 22.6 Å². The smallest absolute Gasteiger partial charge is 0.0641 e. The van der Waals surface area contributed by atoms with Crippen LogP contribution in [0, 0.1) is 11.3 Å². The van der Waals surface area contributed by atoms with Crippen LogP contribution in [0.25, 0.3) is 0 Å². The molecule has 0 saturated heterocycles. The Morgan fingerprint density at radius 3 is 2.38 bits per heavy atom. The van der Waals surface area contributed by atoms with Crippen molar-refractivity contribution in [1.29, 1.82) is 5.26 Å². The molecule has 13 heavy (non-hydrogen) atoms. The minimum Gasteiger partial charge on any atom is -0.323 e. The van der Waals surface area contributed by atoms with Crippen LogP contribution in [0.4, 0.5) is 0 Å². The summed E-state index contributed by atoms with van der Waals surface area (Å²) in [6.07, 6.45) is 0.335. The summed E-state index contributed by atoms with van der Waals surface area (Å²) < 4.78 is 0. The summed E-state index contributed by atoms with van der Waals surface area (Å²) >= 11 is 5.69. The van der Waals surface area contributed by atoms with Gasteiger partial charge in [0.15, 0.2) is 0 Å². The van der Waals surface area contributed by atoms with E-state index in [2.05, 4.69) is 0 Å². The van der Waals surface area contributed by atoms with Crippen LogP contribution >= 0.6 is 24.0 Å². The second-order valence-corrected chi connectivity index (χ2v) is 2.96. The minimum atomic E-state index is -0.202. The quantitative estimate of drug-likeness (QED) is 0.827. The predicted molar refractivity (Wildman–Crippen MR) is 55.9 cm³/mol. The summed E-state index contributed by atoms with van der Waals surface area (Å²) in [5.41, 5.74) is 6.64. The number of nitriles is 1. The molecule has 2 nitrogen and oxygen atoms in total. The van der Waals surface area contributed by atoms with Crippen LogP contribution in [0.2, 0.25) is 5.02 Å². The first-order valence-electron chi connectivity index (χ1n) is 3.62. The van der Waals surface area contributed by atoms with E-state index in [1.54, 1.807) is 12.1 Å². The first-order chi connectivity index (χ1) is 5.74. The number of halogens is 2. The lowest BCUT2D eigenvalue weighted by atomic mass is 10.1. The second-order valence-electron chi connectivity index (χ2n) is 2.52. The number of nitrogens with zero attached hydrogens (tertiary/aromatic N) is 1. The standard InChI is InChI=1S/C9H9ClN2.ClH/c10-8-3-1-7(2-4-8)9(12)5-6-11;/h1-4,9H,5,12H2;1H. The summed E-state index contributed by atoms with van der Waals surface area (Å²) in [6.45, 7) is 0. The molecule has 70 valence electrons. The summed E-state index contributed by atoms with van der Waals surface area (Å²) in [5.74, 6) is 0. The van der Waals surface area contributed by atoms with Gasteiger partial charge in [0, 0.05) is 11.1 Å². The molecule has 0 amide bonds. The highest BCUT2D eigenvalue weighted by molar-refractivity contribution is 6.30. The molecular weight excluding hydrogens is 207 g/mol. The van der Waals surface area contributed by atoms with Crippen molar-refractivity contribution in [3.8, 4) is 6.07 Å². The van der Waals surface area contributed by atoms with E-state index in [-0.39, 0.29) is 18.4 Å². The van der Waals surface area contributed by atoms with Gasteiger partial charge in [0.05, 0.1) is 12.5 Å². The monoisotopic (exact) mass is 216 g/mol. The third kappa shape index (κ3) is 3.65. The van der Waals surface area contributed by atoms with E-state index in [9.17, 15) is 0 Å². The zero-order valence-corrected chi connectivity index (χ0v) is 8.48. The molecule has 0 bridgehead atoms. The van der Waals surface area contributed by atoms with Crippen LogP contribution in [0.15, 0.2) is 24.3 Å². The van der Waals surface area contributed by atoms with E-state index in [1.807, 2.05) is 18.2 Å². The van der Waals surface area contributed by atoms with Crippen molar-refractivity contribution in [2.45, 2.75) is 12.5 Å². The van der Waals surface area contributed by atoms with Gasteiger partial charge in [0.1, 0.15) is 0 Å². The molecule has 0 fully saturated rings. The average molecular weight is 217 g/mol. The Labute approximate surface area is 88.7 Å². The third-order valence-electron chi connectivity index (χ3n) is 1.61. The number of benzene rings is 1. The number of rotatable bonds is 2. The highest BCUT2D eigenvalue weighted by atomic mass is 35.5. The van der Waals surface area contributed by atoms with Crippen LogP contribution in [0.1, 0.15) is 18.0 Å². The fourth-order valence-corrected chi connectivity index (χ4v) is 1.05. The van der Waals surface area contributed by atoms with Crippen LogP contribution in [-0.2, 0) is 0 Å². The maximum absolute atomic E-state index is 8.40. The number of hydrogen-bond donors (Lipinski definition) is 1. The lowest BCUT2D eigenvalue weighted by molar-refractivity contribution is 0.748. The molecule has 1 rings (SSSR count). The van der Waals surface area contributed by atoms with Gasteiger partial charge in [-0.25, -0.2) is 0 Å². The van der Waals surface area contributed by atoms with Gasteiger partial charge in [0.2, 0.25) is 0 Å². The molecule has 0 aliphatic rings. The van der Waals surface area contributed by atoms with Crippen molar-refractivity contribution in [3.63, 3.8) is 0 Å². The zero-order valence-electron chi connectivity index (χ0n) is 6.90. The molecule has 0 aromatic heterocycles. The Morgan fingerprint density at radius 2 is 1.92 bits per heavy atom. The van der Waals surface area contributed by atoms with E-state index >= 15 is 0 Å². The van der Waals surface area contributed by atoms with Gasteiger partial charge in [-0.2, -0.15) is 5.26 Å². The fraction of sp³-hybridized carbons (Fsp3) is 0.222. The summed E-state index contributed by atoms with van der Waals surface area (Å²) in [6, 6.07) is 9.04. The Bertz CT molecular complexity index is 289. The van der Waals surface area contributed by atoms with Gasteiger partial charge < -0.3 is 5.73 Å². The first kappa shape index (κ1) is 12.2. The van der Waals surface area contributed by atoms with Crippen molar-refractivity contribution in [1.82, 2.24) is 0 Å². The fourth-order valence-electron chi connectivity index (χ4n) is 0.926. The molecule has 1 atom stereocenters. The van der Waals surface area contributed by atoms with E-state index in [0.29, 0.717) is 11.4 Å². The van der Waals surface area contributed by atoms with E-state index < -0.39 is 0 Å². The van der Waals surface area contributed by atoms with Crippen molar-refractivity contribution >= 4 is 24.0 Å². The highest BCUT2D eigenvalue weighted by Crippen LogP contribution is 2.16. The normalized spacial score (nSPS) is 11.2. The van der Waals surface area contributed by atoms with Crippen molar-refractivity contribution in [3.05, 3.63) is 34.9 Å². The molecular formula is C9H10Cl2N2. The predicted octanol–water partition coefficient (Wildman–Crippen LogP) is 2.68. The molecule has 0 saturated carbocycles. The molecule has 0 heterocycles. The Morgan fingerprint density at radius 1 is 1.38 bits per heavy atom. The topological polar surface area (TPSA) is 49.8 Å². The molecule has 1 unspecified atom stereocenters. The lowest BCUT2D eigenvalue weighted by Crippen LogP contribution is -2.08. The second kappa shape index (κ2) is 5.82. The summed E-state index contributed by atoms with van der Waals surface area (Å²) in [4.78, 5) is 0. The van der Waals surface area contributed by atoms with E-state index in [1.165, 1.54) is 0 Å².